The van der Waals surface area contributed by atoms with Crippen LogP contribution in [-0.2, 0) is 4.79 Å². The number of allylic oxidation sites excluding steroid dienone is 1. The van der Waals surface area contributed by atoms with Gasteiger partial charge in [0.15, 0.2) is 0 Å². The van der Waals surface area contributed by atoms with Crippen molar-refractivity contribution in [1.82, 2.24) is 0 Å². The number of benzene rings is 3. The van der Waals surface area contributed by atoms with E-state index in [2.05, 4.69) is 62.4 Å². The van der Waals surface area contributed by atoms with E-state index in [1.165, 1.54) is 11.1 Å². The topological polar surface area (TPSA) is 29.5 Å². The van der Waals surface area contributed by atoms with E-state index in [0.717, 1.165) is 28.3 Å². The van der Waals surface area contributed by atoms with Gasteiger partial charge in [-0.15, -0.1) is 0 Å². The molecule has 5 rings (SSSR count). The molecule has 3 aromatic carbocycles. The first-order valence-corrected chi connectivity index (χ1v) is 9.91. The fourth-order valence-electron chi connectivity index (χ4n) is 4.79. The molecule has 0 aromatic heterocycles. The Bertz CT molecular complexity index is 1130. The summed E-state index contributed by atoms with van der Waals surface area (Å²) in [7, 11) is 1.65. The average molecular weight is 381 g/mol. The van der Waals surface area contributed by atoms with Crippen LogP contribution in [0.25, 0.3) is 5.57 Å². The van der Waals surface area contributed by atoms with E-state index in [4.69, 9.17) is 4.74 Å². The summed E-state index contributed by atoms with van der Waals surface area (Å²) in [5, 5.41) is 0. The molecule has 2 aliphatic rings. The third kappa shape index (κ3) is 2.47. The molecule has 29 heavy (non-hydrogen) atoms. The van der Waals surface area contributed by atoms with Gasteiger partial charge in [0, 0.05) is 22.9 Å². The van der Waals surface area contributed by atoms with Crippen LogP contribution in [0.3, 0.4) is 0 Å². The number of nitrogens with zero attached hydrogens (tertiary/aromatic N) is 1. The molecule has 0 saturated carbocycles. The van der Waals surface area contributed by atoms with Gasteiger partial charge in [0.25, 0.3) is 0 Å². The maximum Gasteiger partial charge on any atom is 0.237 e. The Morgan fingerprint density at radius 2 is 1.52 bits per heavy atom. The van der Waals surface area contributed by atoms with E-state index in [9.17, 15) is 4.79 Å². The largest absolute Gasteiger partial charge is 0.497 e. The second kappa shape index (κ2) is 6.35. The van der Waals surface area contributed by atoms with Crippen LogP contribution in [0.1, 0.15) is 36.5 Å². The fourth-order valence-corrected chi connectivity index (χ4v) is 4.79. The Morgan fingerprint density at radius 3 is 2.21 bits per heavy atom. The van der Waals surface area contributed by atoms with Crippen LogP contribution < -0.4 is 9.64 Å². The quantitative estimate of drug-likeness (QED) is 0.589. The molecule has 1 saturated heterocycles. The lowest BCUT2D eigenvalue weighted by atomic mass is 9.77. The molecule has 1 atom stereocenters. The molecule has 0 bridgehead atoms. The molecule has 1 amide bonds. The Labute approximate surface area is 171 Å². The molecule has 1 aliphatic heterocycles. The normalized spacial score (nSPS) is 19.3. The van der Waals surface area contributed by atoms with Crippen LogP contribution in [0.5, 0.6) is 5.75 Å². The summed E-state index contributed by atoms with van der Waals surface area (Å²) in [6.07, 6.45) is 0. The van der Waals surface area contributed by atoms with Gasteiger partial charge < -0.3 is 4.74 Å². The number of fused-ring (bicyclic) bond motifs is 3. The summed E-state index contributed by atoms with van der Waals surface area (Å²) in [6, 6.07) is 26.6. The standard InChI is InChI=1S/C26H23NO2/c1-26(2)23-21-12-8-7-11-20(21)22(17-9-5-4-6-10-17)24(23)27(25(26)28)18-13-15-19(29-3)16-14-18/h4-16,23H,1-3H3. The Morgan fingerprint density at radius 1 is 0.862 bits per heavy atom. The van der Waals surface area contributed by atoms with Gasteiger partial charge in [0.05, 0.1) is 12.5 Å². The summed E-state index contributed by atoms with van der Waals surface area (Å²) in [5.74, 6) is 0.942. The van der Waals surface area contributed by atoms with Gasteiger partial charge in [-0.1, -0.05) is 68.4 Å². The van der Waals surface area contributed by atoms with E-state index < -0.39 is 5.41 Å². The van der Waals surface area contributed by atoms with Crippen LogP contribution in [0, 0.1) is 5.41 Å². The maximum absolute atomic E-state index is 13.6. The number of hydrogen-bond donors (Lipinski definition) is 0. The highest BCUT2D eigenvalue weighted by molar-refractivity contribution is 6.10. The van der Waals surface area contributed by atoms with Crippen molar-refractivity contribution in [1.29, 1.82) is 0 Å². The Kier molecular flexibility index (Phi) is 3.88. The molecule has 1 aliphatic carbocycles. The minimum atomic E-state index is -0.526. The van der Waals surface area contributed by atoms with E-state index >= 15 is 0 Å². The molecule has 1 fully saturated rings. The monoisotopic (exact) mass is 381 g/mol. The fraction of sp³-hybridized carbons (Fsp3) is 0.192. The van der Waals surface area contributed by atoms with Crippen LogP contribution >= 0.6 is 0 Å². The second-order valence-electron chi connectivity index (χ2n) is 8.21. The van der Waals surface area contributed by atoms with Crippen molar-refractivity contribution in [2.24, 2.45) is 5.41 Å². The number of amides is 1. The van der Waals surface area contributed by atoms with Crippen molar-refractivity contribution >= 4 is 17.2 Å². The van der Waals surface area contributed by atoms with Gasteiger partial charge in [0.1, 0.15) is 5.75 Å². The van der Waals surface area contributed by atoms with Gasteiger partial charge in [-0.2, -0.15) is 0 Å². The first-order chi connectivity index (χ1) is 14.0. The summed E-state index contributed by atoms with van der Waals surface area (Å²) < 4.78 is 5.31. The molecule has 1 unspecified atom stereocenters. The molecular formula is C26H23NO2. The predicted octanol–water partition coefficient (Wildman–Crippen LogP) is 5.62. The molecule has 0 spiro atoms. The van der Waals surface area contributed by atoms with E-state index in [-0.39, 0.29) is 11.8 Å². The molecule has 1 heterocycles. The zero-order chi connectivity index (χ0) is 20.2. The smallest absolute Gasteiger partial charge is 0.237 e. The predicted molar refractivity (Wildman–Crippen MR) is 116 cm³/mol. The number of hydrogen-bond acceptors (Lipinski definition) is 2. The van der Waals surface area contributed by atoms with Gasteiger partial charge in [-0.25, -0.2) is 0 Å². The molecule has 3 aromatic rings. The molecule has 3 nitrogen and oxygen atoms in total. The lowest BCUT2D eigenvalue weighted by molar-refractivity contribution is -0.124. The lowest BCUT2D eigenvalue weighted by Crippen LogP contribution is -2.32. The van der Waals surface area contributed by atoms with Crippen molar-refractivity contribution in [2.75, 3.05) is 12.0 Å². The third-order valence-electron chi connectivity index (χ3n) is 6.18. The number of methoxy groups -OCH3 is 1. The maximum atomic E-state index is 13.6. The average Bonchev–Trinajstić information content (AvgIpc) is 3.19. The molecule has 3 heteroatoms. The van der Waals surface area contributed by atoms with Crippen molar-refractivity contribution in [2.45, 2.75) is 19.8 Å². The van der Waals surface area contributed by atoms with Gasteiger partial charge in [-0.3, -0.25) is 9.69 Å². The van der Waals surface area contributed by atoms with Gasteiger partial charge in [-0.05, 0) is 41.0 Å². The highest BCUT2D eigenvalue weighted by Gasteiger charge is 2.56. The van der Waals surface area contributed by atoms with Crippen molar-refractivity contribution < 1.29 is 9.53 Å². The van der Waals surface area contributed by atoms with Gasteiger partial charge in [0.2, 0.25) is 5.91 Å². The first-order valence-electron chi connectivity index (χ1n) is 9.91. The van der Waals surface area contributed by atoms with Crippen LogP contribution in [-0.4, -0.2) is 13.0 Å². The van der Waals surface area contributed by atoms with E-state index in [0.29, 0.717) is 0 Å². The number of ether oxygens (including phenoxy) is 1. The zero-order valence-electron chi connectivity index (χ0n) is 16.8. The van der Waals surface area contributed by atoms with Crippen LogP contribution in [0.15, 0.2) is 84.6 Å². The Balaban J connectivity index is 1.80. The van der Waals surface area contributed by atoms with Crippen LogP contribution in [0.4, 0.5) is 5.69 Å². The lowest BCUT2D eigenvalue weighted by Gasteiger charge is -2.23. The number of carbonyl (C=O) groups excluding carboxylic acids is 1. The van der Waals surface area contributed by atoms with Crippen molar-refractivity contribution in [3.63, 3.8) is 0 Å². The van der Waals surface area contributed by atoms with Crippen molar-refractivity contribution in [3.05, 3.63) is 101 Å². The Hall–Kier alpha value is -3.33. The minimum Gasteiger partial charge on any atom is -0.497 e. The summed E-state index contributed by atoms with van der Waals surface area (Å²) in [6.45, 7) is 4.13. The van der Waals surface area contributed by atoms with E-state index in [1.807, 2.05) is 35.2 Å². The zero-order valence-corrected chi connectivity index (χ0v) is 16.8. The first kappa shape index (κ1) is 17.7. The molecule has 0 radical (unpaired) electrons. The highest BCUT2D eigenvalue weighted by atomic mass is 16.5. The molecule has 0 N–H and O–H groups in total. The van der Waals surface area contributed by atoms with Crippen LogP contribution in [0.2, 0.25) is 0 Å². The summed E-state index contributed by atoms with van der Waals surface area (Å²) in [5.41, 5.74) is 6.18. The number of rotatable bonds is 3. The minimum absolute atomic E-state index is 0.0310. The highest BCUT2D eigenvalue weighted by Crippen LogP contribution is 2.59. The molecular weight excluding hydrogens is 358 g/mol. The van der Waals surface area contributed by atoms with E-state index in [1.54, 1.807) is 7.11 Å². The SMILES string of the molecule is COc1ccc(N2C(=O)C(C)(C)C3C2=C(c2ccccc2)c2ccccc23)cc1. The molecule has 144 valence electrons. The number of carbonyl (C=O) groups is 1. The summed E-state index contributed by atoms with van der Waals surface area (Å²) in [4.78, 5) is 15.6. The van der Waals surface area contributed by atoms with Gasteiger partial charge >= 0.3 is 0 Å². The van der Waals surface area contributed by atoms with Crippen molar-refractivity contribution in [3.8, 4) is 5.75 Å². The summed E-state index contributed by atoms with van der Waals surface area (Å²) >= 11 is 0. The second-order valence-corrected chi connectivity index (χ2v) is 8.21. The third-order valence-corrected chi connectivity index (χ3v) is 6.18. The number of anilines is 1.